The Bertz CT molecular complexity index is 1570. The molecule has 3 aromatic heterocycles. The minimum Gasteiger partial charge on any atom is -0.464 e. The maximum atomic E-state index is 13.9. The van der Waals surface area contributed by atoms with Crippen LogP contribution in [0.3, 0.4) is 0 Å². The Balaban J connectivity index is 1.98. The first-order chi connectivity index (χ1) is 18.4. The lowest BCUT2D eigenvalue weighted by Crippen LogP contribution is -2.44. The van der Waals surface area contributed by atoms with Crippen molar-refractivity contribution in [3.05, 3.63) is 50.4 Å². The van der Waals surface area contributed by atoms with Gasteiger partial charge >= 0.3 is 11.7 Å². The molecular weight excluding hydrogens is 488 g/mol. The van der Waals surface area contributed by atoms with E-state index in [9.17, 15) is 19.6 Å². The van der Waals surface area contributed by atoms with Gasteiger partial charge < -0.3 is 15.4 Å². The van der Waals surface area contributed by atoms with Crippen LogP contribution < -0.4 is 21.9 Å². The van der Waals surface area contributed by atoms with E-state index in [1.54, 1.807) is 23.6 Å². The number of ether oxygens (including phenoxy) is 1. The van der Waals surface area contributed by atoms with Gasteiger partial charge in [0.2, 0.25) is 5.95 Å². The van der Waals surface area contributed by atoms with Crippen molar-refractivity contribution in [2.45, 2.75) is 58.8 Å². The molecule has 1 aliphatic heterocycles. The van der Waals surface area contributed by atoms with Crippen LogP contribution >= 0.6 is 0 Å². The molecule has 0 aromatic carbocycles. The molecule has 38 heavy (non-hydrogen) atoms. The maximum absolute atomic E-state index is 13.9. The van der Waals surface area contributed by atoms with E-state index in [2.05, 4.69) is 16.8 Å². The van der Waals surface area contributed by atoms with E-state index in [1.807, 2.05) is 17.9 Å². The summed E-state index contributed by atoms with van der Waals surface area (Å²) in [7, 11) is 0. The van der Waals surface area contributed by atoms with Crippen LogP contribution in [0, 0.1) is 23.2 Å². The normalized spacial score (nSPS) is 15.1. The first-order valence-electron chi connectivity index (χ1n) is 12.5. The first kappa shape index (κ1) is 26.6. The summed E-state index contributed by atoms with van der Waals surface area (Å²) in [5.74, 6) is 5.66. The third kappa shape index (κ3) is 5.31. The van der Waals surface area contributed by atoms with Crippen molar-refractivity contribution < 1.29 is 9.53 Å². The zero-order valence-corrected chi connectivity index (χ0v) is 21.5. The number of rotatable bonds is 8. The highest BCUT2D eigenvalue weighted by Crippen LogP contribution is 2.23. The number of nitriles is 1. The molecule has 198 valence electrons. The quantitative estimate of drug-likeness (QED) is 0.333. The van der Waals surface area contributed by atoms with Crippen LogP contribution in [0.15, 0.2) is 27.9 Å². The Morgan fingerprint density at radius 2 is 2.11 bits per heavy atom. The highest BCUT2D eigenvalue weighted by atomic mass is 16.5. The SMILES string of the molecule is CC#CCn1c(N2CCCC(N)C2)nc2c1c(=O)n(Cc1ncccc1C#N)c(=O)n2CC(=O)OCCC. The van der Waals surface area contributed by atoms with Gasteiger partial charge in [0.25, 0.3) is 5.56 Å². The number of hydrogen-bond donors (Lipinski definition) is 1. The summed E-state index contributed by atoms with van der Waals surface area (Å²) in [4.78, 5) is 51.1. The fourth-order valence-electron chi connectivity index (χ4n) is 4.51. The summed E-state index contributed by atoms with van der Waals surface area (Å²) >= 11 is 0. The standard InChI is InChI=1S/C26H30N8O4/c1-3-5-12-32-22-23(30-25(32)31-11-7-9-19(28)15-31)33(17-21(35)38-13-4-2)26(37)34(24(22)36)16-20-18(14-27)8-6-10-29-20/h6,8,10,19H,4,7,9,11-13,15-17,28H2,1-2H3. The predicted molar refractivity (Wildman–Crippen MR) is 140 cm³/mol. The van der Waals surface area contributed by atoms with Gasteiger partial charge in [-0.05, 0) is 38.3 Å². The molecule has 4 heterocycles. The second-order valence-corrected chi connectivity index (χ2v) is 9.04. The molecule has 2 N–H and O–H groups in total. The predicted octanol–water partition coefficient (Wildman–Crippen LogP) is 0.579. The van der Waals surface area contributed by atoms with Gasteiger partial charge in [-0.1, -0.05) is 12.8 Å². The molecule has 1 saturated heterocycles. The van der Waals surface area contributed by atoms with E-state index < -0.39 is 23.8 Å². The van der Waals surface area contributed by atoms with E-state index in [4.69, 9.17) is 15.5 Å². The second-order valence-electron chi connectivity index (χ2n) is 9.04. The lowest BCUT2D eigenvalue weighted by molar-refractivity contribution is -0.144. The smallest absolute Gasteiger partial charge is 0.333 e. The summed E-state index contributed by atoms with van der Waals surface area (Å²) < 4.78 is 9.02. The van der Waals surface area contributed by atoms with Crippen molar-refractivity contribution in [3.8, 4) is 17.9 Å². The van der Waals surface area contributed by atoms with Crippen molar-refractivity contribution in [3.63, 3.8) is 0 Å². The van der Waals surface area contributed by atoms with Gasteiger partial charge in [0.15, 0.2) is 11.2 Å². The molecule has 1 atom stereocenters. The third-order valence-corrected chi connectivity index (χ3v) is 6.32. The van der Waals surface area contributed by atoms with E-state index in [0.29, 0.717) is 25.5 Å². The Hall–Kier alpha value is -4.42. The number of imidazole rings is 1. The molecule has 12 nitrogen and oxygen atoms in total. The second kappa shape index (κ2) is 11.8. The van der Waals surface area contributed by atoms with E-state index in [0.717, 1.165) is 22.0 Å². The third-order valence-electron chi connectivity index (χ3n) is 6.32. The lowest BCUT2D eigenvalue weighted by atomic mass is 10.1. The van der Waals surface area contributed by atoms with Crippen molar-refractivity contribution in [2.75, 3.05) is 24.6 Å². The van der Waals surface area contributed by atoms with Crippen LogP contribution in [-0.4, -0.2) is 55.4 Å². The van der Waals surface area contributed by atoms with Crippen LogP contribution in [0.4, 0.5) is 5.95 Å². The molecule has 1 unspecified atom stereocenters. The fraction of sp³-hybridized carbons (Fsp3) is 0.462. The minimum absolute atomic E-state index is 0.0642. The zero-order chi connectivity index (χ0) is 27.2. The molecule has 12 heteroatoms. The van der Waals surface area contributed by atoms with Crippen molar-refractivity contribution >= 4 is 23.1 Å². The van der Waals surface area contributed by atoms with E-state index >= 15 is 0 Å². The van der Waals surface area contributed by atoms with Gasteiger partial charge in [0.05, 0.1) is 31.0 Å². The molecule has 1 aliphatic rings. The highest BCUT2D eigenvalue weighted by molar-refractivity contribution is 5.77. The fourth-order valence-corrected chi connectivity index (χ4v) is 4.51. The summed E-state index contributed by atoms with van der Waals surface area (Å²) in [6.07, 6.45) is 3.83. The van der Waals surface area contributed by atoms with E-state index in [1.165, 1.54) is 6.20 Å². The summed E-state index contributed by atoms with van der Waals surface area (Å²) in [6, 6.07) is 5.14. The Morgan fingerprint density at radius 1 is 1.29 bits per heavy atom. The van der Waals surface area contributed by atoms with Crippen molar-refractivity contribution in [2.24, 2.45) is 5.73 Å². The largest absolute Gasteiger partial charge is 0.464 e. The van der Waals surface area contributed by atoms with Gasteiger partial charge in [-0.3, -0.25) is 28.3 Å². The van der Waals surface area contributed by atoms with Crippen molar-refractivity contribution in [1.29, 1.82) is 5.26 Å². The van der Waals surface area contributed by atoms with Crippen LogP contribution in [0.25, 0.3) is 11.2 Å². The number of carbonyl (C=O) groups excluding carboxylic acids is 1. The molecule has 0 radical (unpaired) electrons. The van der Waals surface area contributed by atoms with E-state index in [-0.39, 0.29) is 48.2 Å². The number of esters is 1. The molecule has 0 bridgehead atoms. The Labute approximate surface area is 219 Å². The van der Waals surface area contributed by atoms with Gasteiger partial charge in [-0.25, -0.2) is 4.79 Å². The van der Waals surface area contributed by atoms with Gasteiger partial charge in [-0.15, -0.1) is 5.92 Å². The maximum Gasteiger partial charge on any atom is 0.333 e. The van der Waals surface area contributed by atoms with Crippen LogP contribution in [0.5, 0.6) is 0 Å². The lowest BCUT2D eigenvalue weighted by Gasteiger charge is -2.31. The molecule has 4 rings (SSSR count). The van der Waals surface area contributed by atoms with Gasteiger partial charge in [0.1, 0.15) is 12.6 Å². The number of nitrogens with zero attached hydrogens (tertiary/aromatic N) is 7. The number of piperidine rings is 1. The number of fused-ring (bicyclic) bond motifs is 1. The van der Waals surface area contributed by atoms with Crippen LogP contribution in [0.1, 0.15) is 44.4 Å². The van der Waals surface area contributed by atoms with Crippen molar-refractivity contribution in [1.82, 2.24) is 23.7 Å². The molecule has 1 fully saturated rings. The number of carbonyl (C=O) groups is 1. The average Bonchev–Trinajstić information content (AvgIpc) is 3.30. The molecule has 0 aliphatic carbocycles. The molecule has 0 spiro atoms. The molecule has 3 aromatic rings. The van der Waals surface area contributed by atoms with Crippen LogP contribution in [-0.2, 0) is 29.2 Å². The summed E-state index contributed by atoms with van der Waals surface area (Å²) in [5.41, 5.74) is 5.54. The topological polar surface area (TPSA) is 154 Å². The minimum atomic E-state index is -0.751. The summed E-state index contributed by atoms with van der Waals surface area (Å²) in [5, 5.41) is 9.51. The molecule has 0 amide bonds. The number of pyridine rings is 1. The highest BCUT2D eigenvalue weighted by Gasteiger charge is 2.28. The average molecular weight is 519 g/mol. The number of nitrogens with two attached hydrogens (primary N) is 1. The summed E-state index contributed by atoms with van der Waals surface area (Å²) in [6.45, 7) is 4.42. The number of hydrogen-bond acceptors (Lipinski definition) is 9. The molecule has 0 saturated carbocycles. The first-order valence-corrected chi connectivity index (χ1v) is 12.5. The van der Waals surface area contributed by atoms with Gasteiger partial charge in [-0.2, -0.15) is 10.2 Å². The molecular formula is C26H30N8O4. The van der Waals surface area contributed by atoms with Crippen LogP contribution in [0.2, 0.25) is 0 Å². The zero-order valence-electron chi connectivity index (χ0n) is 21.5. The number of aromatic nitrogens is 5. The monoisotopic (exact) mass is 518 g/mol. The number of anilines is 1. The Morgan fingerprint density at radius 3 is 2.82 bits per heavy atom. The van der Waals surface area contributed by atoms with Gasteiger partial charge in [0, 0.05) is 25.3 Å². The Kier molecular flexibility index (Phi) is 8.24.